The van der Waals surface area contributed by atoms with Crippen LogP contribution in [0, 0.1) is 13.8 Å². The Balaban J connectivity index is 0.751. The molecule has 1 unspecified atom stereocenters. The third-order valence-corrected chi connectivity index (χ3v) is 12.3. The molecule has 3 aromatic carbocycles. The van der Waals surface area contributed by atoms with Gasteiger partial charge in [-0.05, 0) is 79.8 Å². The molecule has 4 N–H and O–H groups in total. The topological polar surface area (TPSA) is 175 Å². The van der Waals surface area contributed by atoms with Crippen molar-refractivity contribution < 1.29 is 23.6 Å². The molecule has 4 amide bonds. The molecular formula is C44H46ClN9O5S. The molecule has 1 atom stereocenters. The number of rotatable bonds is 14. The van der Waals surface area contributed by atoms with E-state index in [-0.39, 0.29) is 23.6 Å². The van der Waals surface area contributed by atoms with Crippen molar-refractivity contribution in [2.24, 2.45) is 0 Å². The highest BCUT2D eigenvalue weighted by Crippen LogP contribution is 2.37. The van der Waals surface area contributed by atoms with Gasteiger partial charge in [0.1, 0.15) is 27.9 Å². The number of nitrogens with one attached hydrogen (secondary N) is 4. The lowest BCUT2D eigenvalue weighted by atomic mass is 9.88. The first-order valence-corrected chi connectivity index (χ1v) is 21.4. The first-order valence-electron chi connectivity index (χ1n) is 20.2. The molecule has 310 valence electrons. The van der Waals surface area contributed by atoms with Crippen LogP contribution in [-0.4, -0.2) is 76.2 Å². The molecule has 2 aliphatic heterocycles. The molecule has 2 fully saturated rings. The number of aromatic nitrogens is 3. The zero-order chi connectivity index (χ0) is 41.8. The van der Waals surface area contributed by atoms with Crippen molar-refractivity contribution in [1.82, 2.24) is 30.5 Å². The van der Waals surface area contributed by atoms with Crippen molar-refractivity contribution in [3.05, 3.63) is 99.5 Å². The second kappa shape index (κ2) is 18.2. The Kier molecular flexibility index (Phi) is 12.4. The minimum atomic E-state index is -0.432. The highest BCUT2D eigenvalue weighted by atomic mass is 35.5. The lowest BCUT2D eigenvalue weighted by molar-refractivity contribution is -0.134. The number of nitrogens with zero attached hydrogens (tertiary/aromatic N) is 5. The Morgan fingerprint density at radius 2 is 1.85 bits per heavy atom. The molecule has 5 heterocycles. The van der Waals surface area contributed by atoms with E-state index in [1.165, 1.54) is 17.5 Å². The zero-order valence-corrected chi connectivity index (χ0v) is 35.0. The number of halogens is 1. The number of hydrogen-bond donors (Lipinski definition) is 4. The van der Waals surface area contributed by atoms with Crippen molar-refractivity contribution in [2.75, 3.05) is 48.3 Å². The predicted molar refractivity (Wildman–Crippen MR) is 234 cm³/mol. The summed E-state index contributed by atoms with van der Waals surface area (Å²) in [6, 6.07) is 17.4. The van der Waals surface area contributed by atoms with E-state index in [1.807, 2.05) is 56.3 Å². The number of furan rings is 1. The number of amides is 4. The highest BCUT2D eigenvalue weighted by Gasteiger charge is 2.31. The van der Waals surface area contributed by atoms with Gasteiger partial charge in [0.05, 0.1) is 29.1 Å². The van der Waals surface area contributed by atoms with Crippen molar-refractivity contribution in [3.63, 3.8) is 0 Å². The molecular weight excluding hydrogens is 802 g/mol. The average Bonchev–Trinajstić information content (AvgIpc) is 3.89. The number of imide groups is 1. The van der Waals surface area contributed by atoms with Gasteiger partial charge in [-0.15, -0.1) is 0 Å². The summed E-state index contributed by atoms with van der Waals surface area (Å²) in [5.74, 6) is 0.887. The molecule has 0 aliphatic carbocycles. The minimum absolute atomic E-state index is 0.0347. The summed E-state index contributed by atoms with van der Waals surface area (Å²) >= 11 is 7.53. The Morgan fingerprint density at radius 3 is 2.67 bits per heavy atom. The van der Waals surface area contributed by atoms with E-state index in [9.17, 15) is 19.2 Å². The maximum atomic E-state index is 12.9. The quantitative estimate of drug-likeness (QED) is 0.0627. The van der Waals surface area contributed by atoms with Crippen LogP contribution in [0.15, 0.2) is 71.5 Å². The maximum absolute atomic E-state index is 12.9. The lowest BCUT2D eigenvalue weighted by Gasteiger charge is -2.35. The molecule has 14 nitrogen and oxygen atoms in total. The number of aryl methyl sites for hydroxylation is 2. The standard InChI is InChI=1S/C44H46ClN9O5S/c1-26-7-6-8-33(45)41(26)52-43(58)35-24-47-44(60-35)50-36-22-37(49-27(2)48-36)54-19-17-53(18-20-54)16-5-3-4-9-38(55)46-23-28-10-12-30-29(21-28)11-14-34-40(30)32(25-59-34)31-13-15-39(56)51-42(31)57/h6-8,10-12,14,21-22,24-25,31H,3-5,9,13,15-20,23H2,1-2H3,(H,46,55)(H,52,58)(H,51,56,57)(H,47,48,49,50). The van der Waals surface area contributed by atoms with Crippen LogP contribution in [0.25, 0.3) is 21.7 Å². The lowest BCUT2D eigenvalue weighted by Crippen LogP contribution is -2.47. The fourth-order valence-electron chi connectivity index (χ4n) is 7.87. The SMILES string of the molecule is Cc1nc(Nc2ncc(C(=O)Nc3c(C)cccc3Cl)s2)cc(N2CCN(CCCCCC(=O)NCc3ccc4c(ccc5occ(C6CCC(=O)NC6=O)c54)c3)CC2)n1. The largest absolute Gasteiger partial charge is 0.464 e. The number of fused-ring (bicyclic) bond motifs is 3. The summed E-state index contributed by atoms with van der Waals surface area (Å²) in [6.45, 7) is 8.67. The number of thiazole rings is 1. The number of para-hydroxylation sites is 1. The molecule has 8 rings (SSSR count). The summed E-state index contributed by atoms with van der Waals surface area (Å²) in [7, 11) is 0. The number of unbranched alkanes of at least 4 members (excludes halogenated alkanes) is 2. The second-order valence-electron chi connectivity index (χ2n) is 15.3. The van der Waals surface area contributed by atoms with Gasteiger partial charge in [-0.3, -0.25) is 29.4 Å². The molecule has 0 spiro atoms. The summed E-state index contributed by atoms with van der Waals surface area (Å²) in [5, 5.41) is 15.5. The Hall–Kier alpha value is -5.90. The number of piperidine rings is 1. The number of hydrogen-bond acceptors (Lipinski definition) is 12. The van der Waals surface area contributed by atoms with E-state index >= 15 is 0 Å². The molecule has 2 saturated heterocycles. The van der Waals surface area contributed by atoms with Gasteiger partial charge >= 0.3 is 0 Å². The summed E-state index contributed by atoms with van der Waals surface area (Å²) in [5.41, 5.74) is 3.95. The number of carbonyl (C=O) groups excluding carboxylic acids is 4. The van der Waals surface area contributed by atoms with Crippen molar-refractivity contribution in [1.29, 1.82) is 0 Å². The predicted octanol–water partition coefficient (Wildman–Crippen LogP) is 7.62. The van der Waals surface area contributed by atoms with Crippen LogP contribution >= 0.6 is 22.9 Å². The second-order valence-corrected chi connectivity index (χ2v) is 16.7. The van der Waals surface area contributed by atoms with E-state index < -0.39 is 5.92 Å². The van der Waals surface area contributed by atoms with E-state index in [0.29, 0.717) is 63.8 Å². The highest BCUT2D eigenvalue weighted by molar-refractivity contribution is 7.17. The Morgan fingerprint density at radius 1 is 1.00 bits per heavy atom. The van der Waals surface area contributed by atoms with Crippen LogP contribution in [0.4, 0.5) is 22.5 Å². The van der Waals surface area contributed by atoms with Gasteiger partial charge in [-0.25, -0.2) is 15.0 Å². The fraction of sp³-hybridized carbons (Fsp3) is 0.341. The average molecular weight is 848 g/mol. The normalized spacial score (nSPS) is 16.0. The van der Waals surface area contributed by atoms with E-state index in [1.54, 1.807) is 12.3 Å². The third-order valence-electron chi connectivity index (χ3n) is 11.1. The van der Waals surface area contributed by atoms with Crippen LogP contribution in [-0.2, 0) is 20.9 Å². The van der Waals surface area contributed by atoms with Crippen LogP contribution < -0.4 is 26.2 Å². The van der Waals surface area contributed by atoms with Crippen LogP contribution in [0.3, 0.4) is 0 Å². The van der Waals surface area contributed by atoms with E-state index in [2.05, 4.69) is 47.1 Å². The van der Waals surface area contributed by atoms with E-state index in [4.69, 9.17) is 21.0 Å². The first kappa shape index (κ1) is 40.9. The van der Waals surface area contributed by atoms with Crippen LogP contribution in [0.5, 0.6) is 0 Å². The molecule has 0 bridgehead atoms. The molecule has 3 aromatic heterocycles. The first-order chi connectivity index (χ1) is 29.1. The van der Waals surface area contributed by atoms with Gasteiger partial charge in [-0.1, -0.05) is 59.7 Å². The van der Waals surface area contributed by atoms with Crippen molar-refractivity contribution in [3.8, 4) is 0 Å². The molecule has 6 aromatic rings. The number of benzene rings is 3. The van der Waals surface area contributed by atoms with E-state index in [0.717, 1.165) is 90.7 Å². The van der Waals surface area contributed by atoms with Gasteiger partial charge < -0.3 is 25.3 Å². The number of anilines is 4. The molecule has 0 radical (unpaired) electrons. The monoisotopic (exact) mass is 847 g/mol. The van der Waals surface area contributed by atoms with Gasteiger partial charge in [-0.2, -0.15) is 0 Å². The number of piperazine rings is 1. The van der Waals surface area contributed by atoms with Gasteiger partial charge in [0.2, 0.25) is 17.7 Å². The number of carbonyl (C=O) groups is 4. The molecule has 60 heavy (non-hydrogen) atoms. The van der Waals surface area contributed by atoms with Gasteiger partial charge in [0.15, 0.2) is 5.13 Å². The van der Waals surface area contributed by atoms with Crippen molar-refractivity contribution >= 4 is 90.8 Å². The van der Waals surface area contributed by atoms with Gasteiger partial charge in [0, 0.05) is 62.6 Å². The smallest absolute Gasteiger partial charge is 0.267 e. The van der Waals surface area contributed by atoms with Crippen molar-refractivity contribution in [2.45, 2.75) is 64.8 Å². The van der Waals surface area contributed by atoms with Crippen LogP contribution in [0.1, 0.15) is 76.6 Å². The summed E-state index contributed by atoms with van der Waals surface area (Å²) in [4.78, 5) is 68.8. The van der Waals surface area contributed by atoms with Crippen LogP contribution in [0.2, 0.25) is 5.02 Å². The fourth-order valence-corrected chi connectivity index (χ4v) is 8.86. The Bertz CT molecular complexity index is 2560. The third kappa shape index (κ3) is 9.43. The summed E-state index contributed by atoms with van der Waals surface area (Å²) in [6.07, 6.45) is 7.23. The van der Waals surface area contributed by atoms with Gasteiger partial charge in [0.25, 0.3) is 5.91 Å². The summed E-state index contributed by atoms with van der Waals surface area (Å²) < 4.78 is 5.80. The Labute approximate surface area is 356 Å². The zero-order valence-electron chi connectivity index (χ0n) is 33.5. The molecule has 16 heteroatoms. The minimum Gasteiger partial charge on any atom is -0.464 e. The maximum Gasteiger partial charge on any atom is 0.267 e. The molecule has 2 aliphatic rings. The molecule has 0 saturated carbocycles.